The molecule has 1 aliphatic carbocycles. The van der Waals surface area contributed by atoms with Gasteiger partial charge in [0.1, 0.15) is 17.5 Å². The van der Waals surface area contributed by atoms with Crippen molar-refractivity contribution in [2.45, 2.75) is 46.3 Å². The third kappa shape index (κ3) is 3.31. The maximum absolute atomic E-state index is 12.3. The number of aliphatic hydroxyl groups is 1. The van der Waals surface area contributed by atoms with Crippen LogP contribution < -0.4 is 0 Å². The molecule has 1 saturated carbocycles. The molecule has 0 amide bonds. The van der Waals surface area contributed by atoms with Gasteiger partial charge in [-0.3, -0.25) is 9.59 Å². The third-order valence-corrected chi connectivity index (χ3v) is 5.08. The van der Waals surface area contributed by atoms with Crippen molar-refractivity contribution in [2.75, 3.05) is 0 Å². The van der Waals surface area contributed by atoms with Crippen LogP contribution in [0.4, 0.5) is 0 Å². The predicted octanol–water partition coefficient (Wildman–Crippen LogP) is 2.56. The summed E-state index contributed by atoms with van der Waals surface area (Å²) < 4.78 is 10.5. The van der Waals surface area contributed by atoms with Crippen molar-refractivity contribution in [3.63, 3.8) is 0 Å². The molecule has 1 aliphatic rings. The first-order chi connectivity index (χ1) is 11.6. The molecule has 5 atom stereocenters. The van der Waals surface area contributed by atoms with Gasteiger partial charge in [-0.25, -0.2) is 4.79 Å². The zero-order valence-electron chi connectivity index (χ0n) is 15.1. The van der Waals surface area contributed by atoms with Gasteiger partial charge in [-0.2, -0.15) is 0 Å². The number of ether oxygens (including phenoxy) is 1. The third-order valence-electron chi connectivity index (χ3n) is 5.08. The van der Waals surface area contributed by atoms with E-state index in [1.54, 1.807) is 26.0 Å². The van der Waals surface area contributed by atoms with E-state index in [9.17, 15) is 19.5 Å². The Hall–Kier alpha value is -2.21. The van der Waals surface area contributed by atoms with Crippen molar-refractivity contribution in [1.82, 2.24) is 0 Å². The fraction of sp³-hybridized carbons (Fsp3) is 0.526. The number of carbonyl (C=O) groups is 3. The van der Waals surface area contributed by atoms with Gasteiger partial charge in [0, 0.05) is 11.8 Å². The molecule has 0 aromatic carbocycles. The van der Waals surface area contributed by atoms with E-state index in [2.05, 4.69) is 0 Å². The summed E-state index contributed by atoms with van der Waals surface area (Å²) >= 11 is 0. The second kappa shape index (κ2) is 6.96. The van der Waals surface area contributed by atoms with E-state index in [4.69, 9.17) is 9.15 Å². The van der Waals surface area contributed by atoms with Gasteiger partial charge < -0.3 is 14.3 Å². The zero-order valence-corrected chi connectivity index (χ0v) is 15.1. The number of hydrogen-bond donors (Lipinski definition) is 1. The molecule has 0 saturated heterocycles. The SMILES string of the molecule is C/C=C(/C(C)=O)[C@H]1[C@H](C)[C@H](OC(=O)c2ccco2)[C@](C)(O)[C@H]1C(C)=O. The fourth-order valence-electron chi connectivity index (χ4n) is 4.12. The molecule has 1 aromatic rings. The lowest BCUT2D eigenvalue weighted by atomic mass is 9.77. The monoisotopic (exact) mass is 348 g/mol. The minimum Gasteiger partial charge on any atom is -0.457 e. The van der Waals surface area contributed by atoms with Crippen LogP contribution in [0.3, 0.4) is 0 Å². The van der Waals surface area contributed by atoms with Crippen LogP contribution >= 0.6 is 0 Å². The molecule has 0 aliphatic heterocycles. The normalized spacial score (nSPS) is 32.5. The first kappa shape index (κ1) is 19.1. The van der Waals surface area contributed by atoms with Crippen molar-refractivity contribution in [3.05, 3.63) is 35.8 Å². The Balaban J connectivity index is 2.42. The Kier molecular flexibility index (Phi) is 5.32. The lowest BCUT2D eigenvalue weighted by Gasteiger charge is -2.31. The largest absolute Gasteiger partial charge is 0.457 e. The first-order valence-corrected chi connectivity index (χ1v) is 8.27. The topological polar surface area (TPSA) is 93.8 Å². The summed E-state index contributed by atoms with van der Waals surface area (Å²) in [4.78, 5) is 36.5. The molecule has 25 heavy (non-hydrogen) atoms. The van der Waals surface area contributed by atoms with Crippen molar-refractivity contribution in [2.24, 2.45) is 17.8 Å². The minimum atomic E-state index is -1.60. The van der Waals surface area contributed by atoms with Gasteiger partial charge in [0.2, 0.25) is 5.76 Å². The maximum Gasteiger partial charge on any atom is 0.374 e. The molecule has 0 spiro atoms. The van der Waals surface area contributed by atoms with Crippen LogP contribution in [0.25, 0.3) is 0 Å². The van der Waals surface area contributed by atoms with Crippen LogP contribution in [-0.4, -0.2) is 34.3 Å². The summed E-state index contributed by atoms with van der Waals surface area (Å²) in [6.07, 6.45) is 2.06. The number of allylic oxidation sites excluding steroid dienone is 2. The number of furan rings is 1. The summed E-state index contributed by atoms with van der Waals surface area (Å²) in [7, 11) is 0. The fourth-order valence-corrected chi connectivity index (χ4v) is 4.12. The predicted molar refractivity (Wildman–Crippen MR) is 89.8 cm³/mol. The second-order valence-corrected chi connectivity index (χ2v) is 6.80. The number of carbonyl (C=O) groups excluding carboxylic acids is 3. The standard InChI is InChI=1S/C19H24O6/c1-6-13(11(3)20)15-10(2)17(19(5,23)16(15)12(4)21)25-18(22)14-8-7-9-24-14/h6-10,15-17,23H,1-5H3/b13-6-/t10-,15+,16-,17-,19+/m0/s1. The number of esters is 1. The van der Waals surface area contributed by atoms with Crippen molar-refractivity contribution < 1.29 is 28.6 Å². The van der Waals surface area contributed by atoms with Gasteiger partial charge in [0.25, 0.3) is 0 Å². The molecule has 0 bridgehead atoms. The molecule has 1 N–H and O–H groups in total. The Bertz CT molecular complexity index is 698. The van der Waals surface area contributed by atoms with Crippen molar-refractivity contribution in [3.8, 4) is 0 Å². The highest BCUT2D eigenvalue weighted by molar-refractivity contribution is 5.95. The first-order valence-electron chi connectivity index (χ1n) is 8.27. The summed E-state index contributed by atoms with van der Waals surface area (Å²) in [6, 6.07) is 3.02. The lowest BCUT2D eigenvalue weighted by Crippen LogP contribution is -2.46. The number of ketones is 2. The second-order valence-electron chi connectivity index (χ2n) is 6.80. The van der Waals surface area contributed by atoms with Gasteiger partial charge >= 0.3 is 5.97 Å². The Morgan fingerprint density at radius 3 is 2.40 bits per heavy atom. The van der Waals surface area contributed by atoms with E-state index in [1.807, 2.05) is 0 Å². The van der Waals surface area contributed by atoms with Crippen LogP contribution in [0.2, 0.25) is 0 Å². The molecule has 1 aromatic heterocycles. The highest BCUT2D eigenvalue weighted by Crippen LogP contribution is 2.49. The Morgan fingerprint density at radius 1 is 1.32 bits per heavy atom. The van der Waals surface area contributed by atoms with Crippen molar-refractivity contribution >= 4 is 17.5 Å². The summed E-state index contributed by atoms with van der Waals surface area (Å²) in [5, 5.41) is 11.0. The quantitative estimate of drug-likeness (QED) is 0.649. The molecule has 1 heterocycles. The highest BCUT2D eigenvalue weighted by Gasteiger charge is 2.60. The van der Waals surface area contributed by atoms with Gasteiger partial charge in [-0.1, -0.05) is 13.0 Å². The number of hydrogen-bond acceptors (Lipinski definition) is 6. The van der Waals surface area contributed by atoms with E-state index in [0.717, 1.165) is 0 Å². The highest BCUT2D eigenvalue weighted by atomic mass is 16.6. The van der Waals surface area contributed by atoms with E-state index >= 15 is 0 Å². The van der Waals surface area contributed by atoms with E-state index in [-0.39, 0.29) is 17.3 Å². The van der Waals surface area contributed by atoms with Crippen LogP contribution in [0.1, 0.15) is 45.2 Å². The van der Waals surface area contributed by atoms with Gasteiger partial charge in [-0.15, -0.1) is 0 Å². The van der Waals surface area contributed by atoms with E-state index < -0.39 is 35.4 Å². The molecule has 6 heteroatoms. The Morgan fingerprint density at radius 2 is 1.96 bits per heavy atom. The smallest absolute Gasteiger partial charge is 0.374 e. The minimum absolute atomic E-state index is 0.0173. The van der Waals surface area contributed by atoms with E-state index in [0.29, 0.717) is 5.57 Å². The number of Topliss-reactive ketones (excluding diaryl/α,β-unsaturated/α-hetero) is 2. The van der Waals surface area contributed by atoms with Crippen LogP contribution in [0.5, 0.6) is 0 Å². The lowest BCUT2D eigenvalue weighted by molar-refractivity contribution is -0.134. The van der Waals surface area contributed by atoms with Gasteiger partial charge in [0.15, 0.2) is 5.78 Å². The number of rotatable bonds is 5. The van der Waals surface area contributed by atoms with Crippen LogP contribution in [0, 0.1) is 17.8 Å². The molecular weight excluding hydrogens is 324 g/mol. The molecule has 0 unspecified atom stereocenters. The van der Waals surface area contributed by atoms with Gasteiger partial charge in [-0.05, 0) is 45.4 Å². The molecule has 2 rings (SSSR count). The van der Waals surface area contributed by atoms with Crippen molar-refractivity contribution in [1.29, 1.82) is 0 Å². The molecule has 1 fully saturated rings. The molecule has 6 nitrogen and oxygen atoms in total. The van der Waals surface area contributed by atoms with E-state index in [1.165, 1.54) is 33.1 Å². The average molecular weight is 348 g/mol. The summed E-state index contributed by atoms with van der Waals surface area (Å²) in [5.41, 5.74) is -1.13. The molecule has 136 valence electrons. The molecular formula is C19H24O6. The summed E-state index contributed by atoms with van der Waals surface area (Å²) in [6.45, 7) is 7.77. The van der Waals surface area contributed by atoms with Crippen LogP contribution in [0.15, 0.2) is 34.5 Å². The molecule has 0 radical (unpaired) electrons. The Labute approximate surface area is 146 Å². The zero-order chi connectivity index (χ0) is 18.9. The summed E-state index contributed by atoms with van der Waals surface area (Å²) in [5.74, 6) is -2.90. The van der Waals surface area contributed by atoms with Gasteiger partial charge in [0.05, 0.1) is 12.2 Å². The van der Waals surface area contributed by atoms with Crippen LogP contribution in [-0.2, 0) is 14.3 Å². The average Bonchev–Trinajstić information content (AvgIpc) is 3.09. The maximum atomic E-state index is 12.3.